The van der Waals surface area contributed by atoms with Crippen molar-refractivity contribution in [1.82, 2.24) is 15.1 Å². The normalized spacial score (nSPS) is 18.6. The van der Waals surface area contributed by atoms with Crippen LogP contribution in [-0.2, 0) is 16.0 Å². The number of nitrogens with one attached hydrogen (secondary N) is 2. The summed E-state index contributed by atoms with van der Waals surface area (Å²) in [6.45, 7) is 6.03. The van der Waals surface area contributed by atoms with Crippen LogP contribution in [0.25, 0.3) is 0 Å². The van der Waals surface area contributed by atoms with Gasteiger partial charge in [0.1, 0.15) is 0 Å². The van der Waals surface area contributed by atoms with Crippen LogP contribution in [-0.4, -0.2) is 79.9 Å². The lowest BCUT2D eigenvalue weighted by Gasteiger charge is -2.27. The summed E-state index contributed by atoms with van der Waals surface area (Å²) in [5, 5.41) is 6.44. The van der Waals surface area contributed by atoms with E-state index in [0.29, 0.717) is 30.9 Å². The number of hydrogen-bond acceptors (Lipinski definition) is 5. The zero-order valence-electron chi connectivity index (χ0n) is 21.5. The highest BCUT2D eigenvalue weighted by Crippen LogP contribution is 2.33. The summed E-state index contributed by atoms with van der Waals surface area (Å²) < 4.78 is 0. The molecule has 3 fully saturated rings. The van der Waals surface area contributed by atoms with Gasteiger partial charge in [0.05, 0.1) is 17.8 Å². The van der Waals surface area contributed by atoms with Crippen LogP contribution in [0.5, 0.6) is 0 Å². The Hall–Kier alpha value is -3.39. The molecule has 196 valence electrons. The summed E-state index contributed by atoms with van der Waals surface area (Å²) >= 11 is 0. The molecule has 8 nitrogen and oxygen atoms in total. The van der Waals surface area contributed by atoms with Crippen LogP contribution in [0, 0.1) is 5.92 Å². The van der Waals surface area contributed by atoms with Gasteiger partial charge in [0.25, 0.3) is 5.91 Å². The number of anilines is 2. The average Bonchev–Trinajstić information content (AvgIpc) is 3.77. The van der Waals surface area contributed by atoms with Crippen molar-refractivity contribution in [3.8, 4) is 0 Å². The Kier molecular flexibility index (Phi) is 8.04. The van der Waals surface area contributed by atoms with E-state index in [1.807, 2.05) is 58.3 Å². The molecule has 3 amide bonds. The second-order valence-electron chi connectivity index (χ2n) is 10.3. The SMILES string of the molecule is O=C(Cc1ccccc1)Nc1cc(C(=O)N2CCCNCC2)ccc1N1CCCN(C(=O)C2CC2)CC1. The summed E-state index contributed by atoms with van der Waals surface area (Å²) in [6, 6.07) is 15.3. The predicted molar refractivity (Wildman–Crippen MR) is 145 cm³/mol. The molecule has 0 radical (unpaired) electrons. The fraction of sp³-hybridized carbons (Fsp3) is 0.483. The van der Waals surface area contributed by atoms with Gasteiger partial charge < -0.3 is 25.3 Å². The number of hydrogen-bond donors (Lipinski definition) is 2. The van der Waals surface area contributed by atoms with Gasteiger partial charge in [-0.1, -0.05) is 30.3 Å². The Morgan fingerprint density at radius 3 is 2.46 bits per heavy atom. The minimum atomic E-state index is -0.114. The zero-order valence-corrected chi connectivity index (χ0v) is 21.5. The standard InChI is InChI=1S/C29H37N5O3/c35-27(20-22-6-2-1-3-7-22)31-25-21-24(29(37)33-14-4-12-30-13-17-33)10-11-26(25)32-15-5-16-34(19-18-32)28(36)23-8-9-23/h1-3,6-7,10-11,21,23,30H,4-5,8-9,12-20H2,(H,31,35). The fourth-order valence-electron chi connectivity index (χ4n) is 5.22. The first-order chi connectivity index (χ1) is 18.1. The van der Waals surface area contributed by atoms with E-state index >= 15 is 0 Å². The molecule has 2 aromatic rings. The van der Waals surface area contributed by atoms with Crippen molar-refractivity contribution < 1.29 is 14.4 Å². The van der Waals surface area contributed by atoms with Gasteiger partial charge in [-0.05, 0) is 56.0 Å². The number of carbonyl (C=O) groups is 3. The van der Waals surface area contributed by atoms with Gasteiger partial charge in [-0.25, -0.2) is 0 Å². The molecule has 2 heterocycles. The fourth-order valence-corrected chi connectivity index (χ4v) is 5.22. The van der Waals surface area contributed by atoms with Crippen LogP contribution in [0.15, 0.2) is 48.5 Å². The van der Waals surface area contributed by atoms with Gasteiger partial charge in [0.2, 0.25) is 11.8 Å². The molecule has 0 spiro atoms. The van der Waals surface area contributed by atoms with Crippen molar-refractivity contribution >= 4 is 29.1 Å². The molecular formula is C29H37N5O3. The van der Waals surface area contributed by atoms with E-state index in [1.54, 1.807) is 0 Å². The number of rotatable bonds is 6. The van der Waals surface area contributed by atoms with Gasteiger partial charge in [-0.3, -0.25) is 14.4 Å². The Morgan fingerprint density at radius 2 is 1.65 bits per heavy atom. The zero-order chi connectivity index (χ0) is 25.6. The Bertz CT molecular complexity index is 1110. The summed E-state index contributed by atoms with van der Waals surface area (Å²) in [5.74, 6) is 0.382. The minimum Gasteiger partial charge on any atom is -0.368 e. The van der Waals surface area contributed by atoms with Crippen molar-refractivity contribution in [2.75, 3.05) is 62.6 Å². The minimum absolute atomic E-state index is 0.00844. The number of carbonyl (C=O) groups excluding carboxylic acids is 3. The highest BCUT2D eigenvalue weighted by Gasteiger charge is 2.34. The molecule has 2 N–H and O–H groups in total. The Morgan fingerprint density at radius 1 is 0.838 bits per heavy atom. The molecule has 2 aromatic carbocycles. The third-order valence-corrected chi connectivity index (χ3v) is 7.43. The summed E-state index contributed by atoms with van der Waals surface area (Å²) in [6.07, 6.45) is 4.09. The molecule has 0 atom stereocenters. The molecule has 5 rings (SSSR count). The van der Waals surface area contributed by atoms with Gasteiger partial charge >= 0.3 is 0 Å². The molecule has 1 saturated carbocycles. The first-order valence-corrected chi connectivity index (χ1v) is 13.6. The number of benzene rings is 2. The molecule has 2 saturated heterocycles. The van der Waals surface area contributed by atoms with E-state index in [0.717, 1.165) is 69.7 Å². The number of nitrogens with zero attached hydrogens (tertiary/aromatic N) is 3. The second kappa shape index (κ2) is 11.8. The Labute approximate surface area is 219 Å². The molecule has 0 bridgehead atoms. The van der Waals surface area contributed by atoms with E-state index < -0.39 is 0 Å². The summed E-state index contributed by atoms with van der Waals surface area (Å²) in [5.41, 5.74) is 3.08. The lowest BCUT2D eigenvalue weighted by molar-refractivity contribution is -0.132. The van der Waals surface area contributed by atoms with Crippen LogP contribution in [0.4, 0.5) is 11.4 Å². The molecule has 0 aromatic heterocycles. The highest BCUT2D eigenvalue weighted by molar-refractivity contribution is 6.00. The molecule has 2 aliphatic heterocycles. The van der Waals surface area contributed by atoms with Crippen molar-refractivity contribution in [3.05, 3.63) is 59.7 Å². The smallest absolute Gasteiger partial charge is 0.253 e. The third-order valence-electron chi connectivity index (χ3n) is 7.43. The highest BCUT2D eigenvalue weighted by atomic mass is 16.2. The maximum absolute atomic E-state index is 13.3. The molecule has 3 aliphatic rings. The van der Waals surface area contributed by atoms with Crippen molar-refractivity contribution in [2.24, 2.45) is 5.92 Å². The van der Waals surface area contributed by atoms with Gasteiger partial charge in [-0.15, -0.1) is 0 Å². The van der Waals surface area contributed by atoms with E-state index in [9.17, 15) is 14.4 Å². The molecule has 8 heteroatoms. The summed E-state index contributed by atoms with van der Waals surface area (Å²) in [4.78, 5) is 45.2. The van der Waals surface area contributed by atoms with E-state index in [1.165, 1.54) is 0 Å². The van der Waals surface area contributed by atoms with Crippen LogP contribution in [0.1, 0.15) is 41.6 Å². The molecule has 37 heavy (non-hydrogen) atoms. The topological polar surface area (TPSA) is 85.0 Å². The maximum atomic E-state index is 13.3. The quantitative estimate of drug-likeness (QED) is 0.633. The van der Waals surface area contributed by atoms with E-state index in [2.05, 4.69) is 15.5 Å². The largest absolute Gasteiger partial charge is 0.368 e. The van der Waals surface area contributed by atoms with Gasteiger partial charge in [0, 0.05) is 57.3 Å². The second-order valence-corrected chi connectivity index (χ2v) is 10.3. The van der Waals surface area contributed by atoms with Crippen molar-refractivity contribution in [1.29, 1.82) is 0 Å². The number of amides is 3. The average molecular weight is 504 g/mol. The molecular weight excluding hydrogens is 466 g/mol. The summed E-state index contributed by atoms with van der Waals surface area (Å²) in [7, 11) is 0. The Balaban J connectivity index is 1.36. The van der Waals surface area contributed by atoms with Crippen LogP contribution >= 0.6 is 0 Å². The lowest BCUT2D eigenvalue weighted by Crippen LogP contribution is -2.36. The van der Waals surface area contributed by atoms with Gasteiger partial charge in [0.15, 0.2) is 0 Å². The molecule has 1 aliphatic carbocycles. The van der Waals surface area contributed by atoms with Crippen LogP contribution < -0.4 is 15.5 Å². The maximum Gasteiger partial charge on any atom is 0.253 e. The monoisotopic (exact) mass is 503 g/mol. The third kappa shape index (κ3) is 6.49. The van der Waals surface area contributed by atoms with Crippen molar-refractivity contribution in [2.45, 2.75) is 32.1 Å². The van der Waals surface area contributed by atoms with Crippen LogP contribution in [0.3, 0.4) is 0 Å². The van der Waals surface area contributed by atoms with E-state index in [-0.39, 0.29) is 30.1 Å². The lowest BCUT2D eigenvalue weighted by atomic mass is 10.1. The van der Waals surface area contributed by atoms with Crippen molar-refractivity contribution in [3.63, 3.8) is 0 Å². The van der Waals surface area contributed by atoms with Crippen LogP contribution in [0.2, 0.25) is 0 Å². The first kappa shape index (κ1) is 25.3. The predicted octanol–water partition coefficient (Wildman–Crippen LogP) is 2.75. The first-order valence-electron chi connectivity index (χ1n) is 13.6. The van der Waals surface area contributed by atoms with Gasteiger partial charge in [-0.2, -0.15) is 0 Å². The van der Waals surface area contributed by atoms with E-state index in [4.69, 9.17) is 0 Å². The molecule has 0 unspecified atom stereocenters.